The number of ether oxygens (including phenoxy) is 2. The van der Waals surface area contributed by atoms with E-state index in [9.17, 15) is 0 Å². The van der Waals surface area contributed by atoms with Crippen molar-refractivity contribution in [2.45, 2.75) is 13.0 Å². The molecule has 0 atom stereocenters. The van der Waals surface area contributed by atoms with Crippen molar-refractivity contribution in [3.63, 3.8) is 0 Å². The topological polar surface area (TPSA) is 42.2 Å². The third-order valence-electron chi connectivity index (χ3n) is 2.78. The Balaban J connectivity index is 1.61. The maximum Gasteiger partial charge on any atom is 0.120 e. The highest BCUT2D eigenvalue weighted by molar-refractivity contribution is 5.36. The van der Waals surface area contributed by atoms with E-state index in [-0.39, 0.29) is 0 Å². The van der Waals surface area contributed by atoms with E-state index in [0.717, 1.165) is 12.2 Å². The summed E-state index contributed by atoms with van der Waals surface area (Å²) in [5.41, 5.74) is 1.79. The summed E-state index contributed by atoms with van der Waals surface area (Å²) < 4.78 is 11.1. The molecule has 0 radical (unpaired) electrons. The monoisotopic (exact) mass is 267 g/mol. The van der Waals surface area contributed by atoms with Crippen LogP contribution in [0, 0.1) is 11.3 Å². The fraction of sp³-hybridized carbons (Fsp3) is 0.235. The summed E-state index contributed by atoms with van der Waals surface area (Å²) >= 11 is 0. The number of hydrogen-bond donors (Lipinski definition) is 0. The molecule has 0 heterocycles. The van der Waals surface area contributed by atoms with Crippen LogP contribution in [0.25, 0.3) is 0 Å². The van der Waals surface area contributed by atoms with E-state index in [0.29, 0.717) is 25.4 Å². The molecule has 0 amide bonds. The molecule has 0 aliphatic carbocycles. The largest absolute Gasteiger partial charge is 0.493 e. The van der Waals surface area contributed by atoms with Crippen molar-refractivity contribution in [1.29, 1.82) is 5.26 Å². The fourth-order valence-electron chi connectivity index (χ4n) is 1.77. The van der Waals surface area contributed by atoms with Crippen LogP contribution in [0.2, 0.25) is 0 Å². The van der Waals surface area contributed by atoms with Crippen molar-refractivity contribution < 1.29 is 9.47 Å². The molecule has 3 heteroatoms. The van der Waals surface area contributed by atoms with Gasteiger partial charge < -0.3 is 9.47 Å². The Morgan fingerprint density at radius 3 is 2.60 bits per heavy atom. The van der Waals surface area contributed by atoms with Gasteiger partial charge in [-0.2, -0.15) is 5.26 Å². The van der Waals surface area contributed by atoms with Gasteiger partial charge >= 0.3 is 0 Å². The van der Waals surface area contributed by atoms with Crippen LogP contribution in [0.1, 0.15) is 17.5 Å². The van der Waals surface area contributed by atoms with Crippen LogP contribution in [-0.4, -0.2) is 13.2 Å². The van der Waals surface area contributed by atoms with Gasteiger partial charge in [0.05, 0.1) is 31.5 Å². The summed E-state index contributed by atoms with van der Waals surface area (Å²) in [6, 6.07) is 19.4. The lowest BCUT2D eigenvalue weighted by Gasteiger charge is -2.07. The van der Waals surface area contributed by atoms with Crippen molar-refractivity contribution in [3.05, 3.63) is 65.7 Å². The molecule has 0 saturated carbocycles. The van der Waals surface area contributed by atoms with Crippen LogP contribution in [0.4, 0.5) is 0 Å². The van der Waals surface area contributed by atoms with Gasteiger partial charge in [-0.05, 0) is 23.8 Å². The number of hydrogen-bond acceptors (Lipinski definition) is 3. The Hall–Kier alpha value is -2.31. The zero-order valence-electron chi connectivity index (χ0n) is 11.3. The zero-order chi connectivity index (χ0) is 14.0. The Morgan fingerprint density at radius 2 is 1.80 bits per heavy atom. The van der Waals surface area contributed by atoms with E-state index in [1.165, 1.54) is 5.56 Å². The molecule has 0 N–H and O–H groups in total. The van der Waals surface area contributed by atoms with E-state index in [4.69, 9.17) is 14.7 Å². The molecular weight excluding hydrogens is 250 g/mol. The lowest BCUT2D eigenvalue weighted by Crippen LogP contribution is -2.03. The summed E-state index contributed by atoms with van der Waals surface area (Å²) in [5.74, 6) is 0.729. The standard InChI is InChI=1S/C17H17NO2/c18-13-16-8-4-9-17(12-16)20-11-5-10-19-14-15-6-2-1-3-7-15/h1-4,6-9,12H,5,10-11,14H2. The van der Waals surface area contributed by atoms with Crippen LogP contribution >= 0.6 is 0 Å². The first-order chi connectivity index (χ1) is 9.88. The van der Waals surface area contributed by atoms with Crippen LogP contribution in [0.3, 0.4) is 0 Å². The third kappa shape index (κ3) is 4.75. The van der Waals surface area contributed by atoms with Gasteiger partial charge in [-0.1, -0.05) is 36.4 Å². The molecule has 0 fully saturated rings. The molecule has 0 unspecified atom stereocenters. The highest BCUT2D eigenvalue weighted by Gasteiger charge is 1.96. The second-order valence-electron chi connectivity index (χ2n) is 4.38. The summed E-state index contributed by atoms with van der Waals surface area (Å²) in [7, 11) is 0. The lowest BCUT2D eigenvalue weighted by molar-refractivity contribution is 0.107. The van der Waals surface area contributed by atoms with E-state index in [2.05, 4.69) is 6.07 Å². The van der Waals surface area contributed by atoms with E-state index in [1.54, 1.807) is 12.1 Å². The van der Waals surface area contributed by atoms with E-state index < -0.39 is 0 Å². The molecule has 3 nitrogen and oxygen atoms in total. The predicted octanol–water partition coefficient (Wildman–Crippen LogP) is 3.54. The first kappa shape index (κ1) is 14.1. The van der Waals surface area contributed by atoms with Gasteiger partial charge in [0.15, 0.2) is 0 Å². The van der Waals surface area contributed by atoms with Crippen LogP contribution < -0.4 is 4.74 Å². The highest BCUT2D eigenvalue weighted by Crippen LogP contribution is 2.12. The molecule has 0 aliphatic heterocycles. The van der Waals surface area contributed by atoms with Gasteiger partial charge in [-0.3, -0.25) is 0 Å². The quantitative estimate of drug-likeness (QED) is 0.720. The maximum atomic E-state index is 8.79. The first-order valence-electron chi connectivity index (χ1n) is 6.63. The third-order valence-corrected chi connectivity index (χ3v) is 2.78. The SMILES string of the molecule is N#Cc1cccc(OCCCOCc2ccccc2)c1. The molecule has 2 rings (SSSR count). The molecule has 20 heavy (non-hydrogen) atoms. The van der Waals surface area contributed by atoms with Gasteiger partial charge in [-0.15, -0.1) is 0 Å². The molecule has 0 saturated heterocycles. The number of benzene rings is 2. The normalized spacial score (nSPS) is 9.95. The van der Waals surface area contributed by atoms with Crippen molar-refractivity contribution >= 4 is 0 Å². The maximum absolute atomic E-state index is 8.79. The lowest BCUT2D eigenvalue weighted by atomic mass is 10.2. The van der Waals surface area contributed by atoms with E-state index >= 15 is 0 Å². The minimum Gasteiger partial charge on any atom is -0.493 e. The Morgan fingerprint density at radius 1 is 0.950 bits per heavy atom. The van der Waals surface area contributed by atoms with Gasteiger partial charge in [0, 0.05) is 6.42 Å². The predicted molar refractivity (Wildman–Crippen MR) is 77.4 cm³/mol. The smallest absolute Gasteiger partial charge is 0.120 e. The first-order valence-corrected chi connectivity index (χ1v) is 6.63. The highest BCUT2D eigenvalue weighted by atomic mass is 16.5. The van der Waals surface area contributed by atoms with Crippen molar-refractivity contribution in [1.82, 2.24) is 0 Å². The van der Waals surface area contributed by atoms with Gasteiger partial charge in [0.2, 0.25) is 0 Å². The fourth-order valence-corrected chi connectivity index (χ4v) is 1.77. The zero-order valence-corrected chi connectivity index (χ0v) is 11.3. The Labute approximate surface area is 119 Å². The number of rotatable bonds is 7. The van der Waals surface area contributed by atoms with Gasteiger partial charge in [0.1, 0.15) is 5.75 Å². The van der Waals surface area contributed by atoms with Crippen molar-refractivity contribution in [3.8, 4) is 11.8 Å². The average molecular weight is 267 g/mol. The minimum absolute atomic E-state index is 0.587. The average Bonchev–Trinajstić information content (AvgIpc) is 2.52. The second kappa shape index (κ2) is 7.98. The van der Waals surface area contributed by atoms with Crippen LogP contribution in [0.5, 0.6) is 5.75 Å². The summed E-state index contributed by atoms with van der Waals surface area (Å²) in [6.07, 6.45) is 0.823. The molecule has 2 aromatic carbocycles. The van der Waals surface area contributed by atoms with Crippen molar-refractivity contribution in [2.75, 3.05) is 13.2 Å². The Bertz CT molecular complexity index is 561. The number of nitriles is 1. The molecule has 2 aromatic rings. The van der Waals surface area contributed by atoms with Gasteiger partial charge in [0.25, 0.3) is 0 Å². The molecule has 0 aromatic heterocycles. The van der Waals surface area contributed by atoms with Crippen molar-refractivity contribution in [2.24, 2.45) is 0 Å². The molecule has 0 spiro atoms. The molecule has 0 aliphatic rings. The second-order valence-corrected chi connectivity index (χ2v) is 4.38. The van der Waals surface area contributed by atoms with Gasteiger partial charge in [-0.25, -0.2) is 0 Å². The van der Waals surface area contributed by atoms with Crippen LogP contribution in [-0.2, 0) is 11.3 Å². The number of nitrogens with zero attached hydrogens (tertiary/aromatic N) is 1. The minimum atomic E-state index is 0.587. The molecule has 0 bridgehead atoms. The molecular formula is C17H17NO2. The summed E-state index contributed by atoms with van der Waals surface area (Å²) in [4.78, 5) is 0. The molecule has 102 valence electrons. The Kier molecular flexibility index (Phi) is 5.63. The van der Waals surface area contributed by atoms with E-state index in [1.807, 2.05) is 42.5 Å². The summed E-state index contributed by atoms with van der Waals surface area (Å²) in [5, 5.41) is 8.79. The van der Waals surface area contributed by atoms with Crippen LogP contribution in [0.15, 0.2) is 54.6 Å². The summed E-state index contributed by atoms with van der Waals surface area (Å²) in [6.45, 7) is 1.88.